The van der Waals surface area contributed by atoms with E-state index in [0.717, 1.165) is 25.3 Å². The van der Waals surface area contributed by atoms with Crippen molar-refractivity contribution < 1.29 is 13.9 Å². The Bertz CT molecular complexity index is 388. The van der Waals surface area contributed by atoms with Crippen LogP contribution in [0.5, 0.6) is 0 Å². The molecule has 0 aromatic carbocycles. The standard InChI is InChI=1S/C14H21NO3/c1-10-11(2)15(9-13-5-4-8-17-13)7-6-14(10)18-12(3)16/h4-5,8,10-11,14H,6-7,9H2,1-3H3/t10-,11-,14-/m1/s1. The number of furan rings is 1. The molecule has 0 radical (unpaired) electrons. The average molecular weight is 251 g/mol. The SMILES string of the molecule is CC(=O)O[C@@H]1CCN(Cc2ccco2)[C@H](C)[C@H]1C. The molecule has 1 aliphatic heterocycles. The molecule has 0 amide bonds. The van der Waals surface area contributed by atoms with Gasteiger partial charge in [0.15, 0.2) is 0 Å². The van der Waals surface area contributed by atoms with Crippen LogP contribution < -0.4 is 0 Å². The maximum Gasteiger partial charge on any atom is 0.302 e. The van der Waals surface area contributed by atoms with E-state index in [-0.39, 0.29) is 12.1 Å². The number of likely N-dealkylation sites (tertiary alicyclic amines) is 1. The van der Waals surface area contributed by atoms with Crippen LogP contribution in [-0.4, -0.2) is 29.6 Å². The Hall–Kier alpha value is -1.29. The van der Waals surface area contributed by atoms with E-state index < -0.39 is 0 Å². The first kappa shape index (κ1) is 13.1. The van der Waals surface area contributed by atoms with Gasteiger partial charge in [-0.05, 0) is 25.5 Å². The van der Waals surface area contributed by atoms with Crippen LogP contribution >= 0.6 is 0 Å². The van der Waals surface area contributed by atoms with E-state index in [4.69, 9.17) is 9.15 Å². The Morgan fingerprint density at radius 1 is 1.56 bits per heavy atom. The third-order valence-electron chi connectivity index (χ3n) is 3.88. The molecule has 4 nitrogen and oxygen atoms in total. The van der Waals surface area contributed by atoms with Crippen molar-refractivity contribution in [2.24, 2.45) is 5.92 Å². The molecule has 0 N–H and O–H groups in total. The van der Waals surface area contributed by atoms with Crippen molar-refractivity contribution in [1.29, 1.82) is 0 Å². The van der Waals surface area contributed by atoms with Gasteiger partial charge in [-0.1, -0.05) is 6.92 Å². The molecule has 0 saturated carbocycles. The smallest absolute Gasteiger partial charge is 0.302 e. The van der Waals surface area contributed by atoms with E-state index in [0.29, 0.717) is 12.0 Å². The fraction of sp³-hybridized carbons (Fsp3) is 0.643. The summed E-state index contributed by atoms with van der Waals surface area (Å²) in [6.07, 6.45) is 2.64. The number of esters is 1. The van der Waals surface area contributed by atoms with Crippen LogP contribution in [0.25, 0.3) is 0 Å². The van der Waals surface area contributed by atoms with E-state index in [2.05, 4.69) is 18.7 Å². The second-order valence-electron chi connectivity index (χ2n) is 5.09. The summed E-state index contributed by atoms with van der Waals surface area (Å²) in [5, 5.41) is 0. The van der Waals surface area contributed by atoms with E-state index >= 15 is 0 Å². The van der Waals surface area contributed by atoms with Crippen LogP contribution in [0.3, 0.4) is 0 Å². The average Bonchev–Trinajstić information content (AvgIpc) is 2.81. The highest BCUT2D eigenvalue weighted by Gasteiger charge is 2.34. The predicted molar refractivity (Wildman–Crippen MR) is 67.9 cm³/mol. The summed E-state index contributed by atoms with van der Waals surface area (Å²) in [5.74, 6) is 1.15. The van der Waals surface area contributed by atoms with Crippen LogP contribution in [0.15, 0.2) is 22.8 Å². The third-order valence-corrected chi connectivity index (χ3v) is 3.88. The van der Waals surface area contributed by atoms with Crippen molar-refractivity contribution in [2.75, 3.05) is 6.54 Å². The van der Waals surface area contributed by atoms with Gasteiger partial charge in [-0.15, -0.1) is 0 Å². The first-order valence-electron chi connectivity index (χ1n) is 6.51. The predicted octanol–water partition coefficient (Wildman–Crippen LogP) is 2.44. The molecule has 1 fully saturated rings. The molecule has 3 atom stereocenters. The van der Waals surface area contributed by atoms with Gasteiger partial charge in [-0.25, -0.2) is 0 Å². The van der Waals surface area contributed by atoms with Crippen LogP contribution in [0.1, 0.15) is 33.0 Å². The zero-order chi connectivity index (χ0) is 13.1. The van der Waals surface area contributed by atoms with Gasteiger partial charge in [-0.3, -0.25) is 9.69 Å². The summed E-state index contributed by atoms with van der Waals surface area (Å²) >= 11 is 0. The highest BCUT2D eigenvalue weighted by atomic mass is 16.5. The number of piperidine rings is 1. The largest absolute Gasteiger partial charge is 0.468 e. The third kappa shape index (κ3) is 2.93. The van der Waals surface area contributed by atoms with Crippen molar-refractivity contribution in [3.63, 3.8) is 0 Å². The molecule has 0 spiro atoms. The molecular formula is C14H21NO3. The molecule has 18 heavy (non-hydrogen) atoms. The van der Waals surface area contributed by atoms with Crippen molar-refractivity contribution in [3.05, 3.63) is 24.2 Å². The second kappa shape index (κ2) is 5.57. The number of nitrogens with zero attached hydrogens (tertiary/aromatic N) is 1. The highest BCUT2D eigenvalue weighted by Crippen LogP contribution is 2.27. The van der Waals surface area contributed by atoms with Gasteiger partial charge in [0.1, 0.15) is 11.9 Å². The number of ether oxygens (including phenoxy) is 1. The lowest BCUT2D eigenvalue weighted by molar-refractivity contribution is -0.153. The van der Waals surface area contributed by atoms with Gasteiger partial charge < -0.3 is 9.15 Å². The molecule has 1 saturated heterocycles. The lowest BCUT2D eigenvalue weighted by Crippen LogP contribution is -2.49. The molecular weight excluding hydrogens is 230 g/mol. The number of carbonyl (C=O) groups excluding carboxylic acids is 1. The van der Waals surface area contributed by atoms with Crippen molar-refractivity contribution in [3.8, 4) is 0 Å². The number of hydrogen-bond acceptors (Lipinski definition) is 4. The second-order valence-corrected chi connectivity index (χ2v) is 5.09. The monoisotopic (exact) mass is 251 g/mol. The Morgan fingerprint density at radius 3 is 2.94 bits per heavy atom. The zero-order valence-corrected chi connectivity index (χ0v) is 11.3. The molecule has 0 unspecified atom stereocenters. The molecule has 4 heteroatoms. The number of hydrogen-bond donors (Lipinski definition) is 0. The number of carbonyl (C=O) groups is 1. The number of rotatable bonds is 3. The van der Waals surface area contributed by atoms with Gasteiger partial charge >= 0.3 is 5.97 Å². The molecule has 0 aliphatic carbocycles. The molecule has 0 bridgehead atoms. The van der Waals surface area contributed by atoms with E-state index in [1.54, 1.807) is 6.26 Å². The van der Waals surface area contributed by atoms with Crippen LogP contribution in [-0.2, 0) is 16.1 Å². The van der Waals surface area contributed by atoms with Crippen LogP contribution in [0.4, 0.5) is 0 Å². The lowest BCUT2D eigenvalue weighted by atomic mass is 9.89. The minimum Gasteiger partial charge on any atom is -0.468 e. The maximum atomic E-state index is 11.1. The molecule has 1 aromatic heterocycles. The van der Waals surface area contributed by atoms with Crippen molar-refractivity contribution in [2.45, 2.75) is 45.9 Å². The maximum absolute atomic E-state index is 11.1. The molecule has 2 heterocycles. The van der Waals surface area contributed by atoms with Crippen molar-refractivity contribution in [1.82, 2.24) is 4.90 Å². The summed E-state index contributed by atoms with van der Waals surface area (Å²) in [7, 11) is 0. The first-order chi connectivity index (χ1) is 8.58. The molecule has 2 rings (SSSR count). The van der Waals surface area contributed by atoms with Gasteiger partial charge in [0.2, 0.25) is 0 Å². The van der Waals surface area contributed by atoms with Gasteiger partial charge in [-0.2, -0.15) is 0 Å². The normalized spacial score (nSPS) is 29.2. The Morgan fingerprint density at radius 2 is 2.33 bits per heavy atom. The summed E-state index contributed by atoms with van der Waals surface area (Å²) in [5.41, 5.74) is 0. The zero-order valence-electron chi connectivity index (χ0n) is 11.3. The summed E-state index contributed by atoms with van der Waals surface area (Å²) in [4.78, 5) is 13.4. The minimum atomic E-state index is -0.182. The fourth-order valence-corrected chi connectivity index (χ4v) is 2.61. The lowest BCUT2D eigenvalue weighted by Gasteiger charge is -2.41. The van der Waals surface area contributed by atoms with Gasteiger partial charge in [0.05, 0.1) is 12.8 Å². The molecule has 100 valence electrons. The molecule has 1 aromatic rings. The van der Waals surface area contributed by atoms with Gasteiger partial charge in [0.25, 0.3) is 0 Å². The quantitative estimate of drug-likeness (QED) is 0.774. The Kier molecular flexibility index (Phi) is 4.07. The van der Waals surface area contributed by atoms with E-state index in [9.17, 15) is 4.79 Å². The molecule has 1 aliphatic rings. The first-order valence-corrected chi connectivity index (χ1v) is 6.51. The van der Waals surface area contributed by atoms with Crippen LogP contribution in [0.2, 0.25) is 0 Å². The Labute approximate surface area is 108 Å². The van der Waals surface area contributed by atoms with Crippen LogP contribution in [0, 0.1) is 5.92 Å². The highest BCUT2D eigenvalue weighted by molar-refractivity contribution is 5.66. The van der Waals surface area contributed by atoms with Crippen molar-refractivity contribution >= 4 is 5.97 Å². The fourth-order valence-electron chi connectivity index (χ4n) is 2.61. The summed E-state index contributed by atoms with van der Waals surface area (Å²) in [6, 6.07) is 4.29. The topological polar surface area (TPSA) is 42.7 Å². The van der Waals surface area contributed by atoms with E-state index in [1.807, 2.05) is 12.1 Å². The summed E-state index contributed by atoms with van der Waals surface area (Å²) < 4.78 is 10.8. The van der Waals surface area contributed by atoms with Gasteiger partial charge in [0, 0.05) is 25.4 Å². The summed E-state index contributed by atoms with van der Waals surface area (Å²) in [6.45, 7) is 7.57. The minimum absolute atomic E-state index is 0.0466. The van der Waals surface area contributed by atoms with E-state index in [1.165, 1.54) is 6.92 Å². The Balaban J connectivity index is 1.95.